The summed E-state index contributed by atoms with van der Waals surface area (Å²) in [4.78, 5) is 23.6. The van der Waals surface area contributed by atoms with Crippen molar-refractivity contribution in [3.8, 4) is 0 Å². The Bertz CT molecular complexity index is 736. The van der Waals surface area contributed by atoms with Crippen LogP contribution < -0.4 is 10.6 Å². The monoisotopic (exact) mass is 296 g/mol. The Morgan fingerprint density at radius 2 is 1.55 bits per heavy atom. The molecule has 22 heavy (non-hydrogen) atoms. The molecule has 2 rings (SSSR count). The van der Waals surface area contributed by atoms with Crippen molar-refractivity contribution in [1.82, 2.24) is 0 Å². The molecule has 0 aliphatic heterocycles. The van der Waals surface area contributed by atoms with Crippen LogP contribution in [0, 0.1) is 20.8 Å². The van der Waals surface area contributed by atoms with Gasteiger partial charge in [0, 0.05) is 23.9 Å². The lowest BCUT2D eigenvalue weighted by molar-refractivity contribution is -0.114. The van der Waals surface area contributed by atoms with Gasteiger partial charge in [-0.15, -0.1) is 0 Å². The van der Waals surface area contributed by atoms with Crippen molar-refractivity contribution in [3.63, 3.8) is 0 Å². The first-order valence-corrected chi connectivity index (χ1v) is 7.13. The number of carbonyl (C=O) groups excluding carboxylic acids is 2. The fraction of sp³-hybridized carbons (Fsp3) is 0.222. The minimum Gasteiger partial charge on any atom is -0.326 e. The lowest BCUT2D eigenvalue weighted by Crippen LogP contribution is -2.14. The van der Waals surface area contributed by atoms with Crippen LogP contribution in [-0.4, -0.2) is 11.8 Å². The number of hydrogen-bond donors (Lipinski definition) is 2. The van der Waals surface area contributed by atoms with Gasteiger partial charge in [0.2, 0.25) is 5.91 Å². The van der Waals surface area contributed by atoms with E-state index in [9.17, 15) is 9.59 Å². The van der Waals surface area contributed by atoms with Crippen molar-refractivity contribution in [3.05, 3.63) is 58.7 Å². The van der Waals surface area contributed by atoms with E-state index < -0.39 is 0 Å². The van der Waals surface area contributed by atoms with Gasteiger partial charge in [0.1, 0.15) is 0 Å². The minimum absolute atomic E-state index is 0.138. The largest absolute Gasteiger partial charge is 0.326 e. The molecule has 0 radical (unpaired) electrons. The number of amides is 2. The zero-order valence-corrected chi connectivity index (χ0v) is 13.3. The van der Waals surface area contributed by atoms with E-state index >= 15 is 0 Å². The smallest absolute Gasteiger partial charge is 0.255 e. The highest BCUT2D eigenvalue weighted by Gasteiger charge is 2.10. The minimum atomic E-state index is -0.154. The van der Waals surface area contributed by atoms with Crippen LogP contribution in [0.5, 0.6) is 0 Å². The molecule has 4 heteroatoms. The Kier molecular flexibility index (Phi) is 4.61. The third-order valence-corrected chi connectivity index (χ3v) is 3.44. The number of nitrogens with one attached hydrogen (secondary N) is 2. The van der Waals surface area contributed by atoms with Gasteiger partial charge in [-0.1, -0.05) is 23.8 Å². The molecule has 0 aromatic heterocycles. The third kappa shape index (κ3) is 3.73. The van der Waals surface area contributed by atoms with Gasteiger partial charge in [0.15, 0.2) is 0 Å². The molecule has 0 aliphatic rings. The summed E-state index contributed by atoms with van der Waals surface area (Å²) < 4.78 is 0. The van der Waals surface area contributed by atoms with E-state index in [0.29, 0.717) is 16.9 Å². The van der Waals surface area contributed by atoms with Gasteiger partial charge >= 0.3 is 0 Å². The summed E-state index contributed by atoms with van der Waals surface area (Å²) in [6, 6.07) is 11.2. The molecule has 0 atom stereocenters. The van der Waals surface area contributed by atoms with Crippen LogP contribution in [0.15, 0.2) is 36.4 Å². The predicted octanol–water partition coefficient (Wildman–Crippen LogP) is 3.82. The molecular weight excluding hydrogens is 276 g/mol. The lowest BCUT2D eigenvalue weighted by Gasteiger charge is -2.12. The topological polar surface area (TPSA) is 58.2 Å². The Labute approximate surface area is 130 Å². The molecule has 0 saturated heterocycles. The van der Waals surface area contributed by atoms with Crippen molar-refractivity contribution >= 4 is 23.2 Å². The molecule has 0 fully saturated rings. The molecule has 0 bridgehead atoms. The highest BCUT2D eigenvalue weighted by atomic mass is 16.2. The molecule has 4 nitrogen and oxygen atoms in total. The van der Waals surface area contributed by atoms with E-state index in [-0.39, 0.29) is 11.8 Å². The zero-order chi connectivity index (χ0) is 16.3. The van der Waals surface area contributed by atoms with E-state index in [2.05, 4.69) is 10.6 Å². The summed E-state index contributed by atoms with van der Waals surface area (Å²) in [6.07, 6.45) is 0. The van der Waals surface area contributed by atoms with Crippen LogP contribution in [0.1, 0.15) is 34.0 Å². The average Bonchev–Trinajstić information content (AvgIpc) is 2.44. The lowest BCUT2D eigenvalue weighted by atomic mass is 10.0. The van der Waals surface area contributed by atoms with Crippen molar-refractivity contribution in [2.45, 2.75) is 27.7 Å². The summed E-state index contributed by atoms with van der Waals surface area (Å²) in [5.74, 6) is -0.292. The van der Waals surface area contributed by atoms with Gasteiger partial charge in [-0.2, -0.15) is 0 Å². The first-order chi connectivity index (χ1) is 10.4. The van der Waals surface area contributed by atoms with E-state index in [1.54, 1.807) is 6.07 Å². The molecule has 0 aliphatic carbocycles. The maximum atomic E-state index is 12.4. The molecule has 0 saturated carbocycles. The van der Waals surface area contributed by atoms with Crippen LogP contribution >= 0.6 is 0 Å². The molecule has 2 aromatic rings. The SMILES string of the molecule is CC(=O)Nc1cc(NC(=O)c2cc(C)ccc2C)ccc1C. The van der Waals surface area contributed by atoms with Crippen LogP contribution in [-0.2, 0) is 4.79 Å². The number of anilines is 2. The Morgan fingerprint density at radius 3 is 2.23 bits per heavy atom. The molecule has 114 valence electrons. The molecule has 2 aromatic carbocycles. The van der Waals surface area contributed by atoms with Crippen molar-refractivity contribution in [1.29, 1.82) is 0 Å². The van der Waals surface area contributed by atoms with Crippen LogP contribution in [0.4, 0.5) is 11.4 Å². The van der Waals surface area contributed by atoms with Crippen molar-refractivity contribution < 1.29 is 9.59 Å². The Balaban J connectivity index is 2.25. The first-order valence-electron chi connectivity index (χ1n) is 7.13. The van der Waals surface area contributed by atoms with Crippen LogP contribution in [0.25, 0.3) is 0 Å². The third-order valence-electron chi connectivity index (χ3n) is 3.44. The summed E-state index contributed by atoms with van der Waals surface area (Å²) in [7, 11) is 0. The standard InChI is InChI=1S/C18H20N2O2/c1-11-5-6-12(2)16(9-11)18(22)20-15-8-7-13(3)17(10-15)19-14(4)21/h5-10H,1-4H3,(H,19,21)(H,20,22). The number of aryl methyl sites for hydroxylation is 3. The van der Waals surface area contributed by atoms with Gasteiger partial charge < -0.3 is 10.6 Å². The predicted molar refractivity (Wildman–Crippen MR) is 89.4 cm³/mol. The Hall–Kier alpha value is -2.62. The fourth-order valence-electron chi connectivity index (χ4n) is 2.20. The maximum absolute atomic E-state index is 12.4. The summed E-state index contributed by atoms with van der Waals surface area (Å²) in [6.45, 7) is 7.23. The molecule has 0 unspecified atom stereocenters. The fourth-order valence-corrected chi connectivity index (χ4v) is 2.20. The first kappa shape index (κ1) is 15.8. The van der Waals surface area contributed by atoms with Gasteiger partial charge in [-0.3, -0.25) is 9.59 Å². The summed E-state index contributed by atoms with van der Waals surface area (Å²) in [5, 5.41) is 5.63. The number of carbonyl (C=O) groups is 2. The molecule has 0 spiro atoms. The summed E-state index contributed by atoms with van der Waals surface area (Å²) in [5.41, 5.74) is 4.92. The second kappa shape index (κ2) is 6.43. The highest BCUT2D eigenvalue weighted by Crippen LogP contribution is 2.21. The van der Waals surface area contributed by atoms with Crippen molar-refractivity contribution in [2.75, 3.05) is 10.6 Å². The number of hydrogen-bond acceptors (Lipinski definition) is 2. The molecule has 2 amide bonds. The van der Waals surface area contributed by atoms with E-state index in [0.717, 1.165) is 16.7 Å². The van der Waals surface area contributed by atoms with E-state index in [4.69, 9.17) is 0 Å². The molecule has 0 heterocycles. The van der Waals surface area contributed by atoms with Gasteiger partial charge in [-0.25, -0.2) is 0 Å². The van der Waals surface area contributed by atoms with Crippen LogP contribution in [0.2, 0.25) is 0 Å². The normalized spacial score (nSPS) is 10.2. The van der Waals surface area contributed by atoms with E-state index in [1.807, 2.05) is 51.1 Å². The van der Waals surface area contributed by atoms with E-state index in [1.165, 1.54) is 6.92 Å². The Morgan fingerprint density at radius 1 is 0.864 bits per heavy atom. The second-order valence-electron chi connectivity index (χ2n) is 5.48. The highest BCUT2D eigenvalue weighted by molar-refractivity contribution is 6.05. The maximum Gasteiger partial charge on any atom is 0.255 e. The second-order valence-corrected chi connectivity index (χ2v) is 5.48. The molecule has 2 N–H and O–H groups in total. The van der Waals surface area contributed by atoms with Crippen LogP contribution in [0.3, 0.4) is 0 Å². The van der Waals surface area contributed by atoms with Gasteiger partial charge in [0.25, 0.3) is 5.91 Å². The van der Waals surface area contributed by atoms with Crippen molar-refractivity contribution in [2.24, 2.45) is 0 Å². The van der Waals surface area contributed by atoms with Gasteiger partial charge in [0.05, 0.1) is 0 Å². The molecular formula is C18H20N2O2. The quantitative estimate of drug-likeness (QED) is 0.904. The van der Waals surface area contributed by atoms with Gasteiger partial charge in [-0.05, 0) is 50.1 Å². The number of benzene rings is 2. The average molecular weight is 296 g/mol. The number of rotatable bonds is 3. The summed E-state index contributed by atoms with van der Waals surface area (Å²) >= 11 is 0. The zero-order valence-electron chi connectivity index (χ0n) is 13.3.